The summed E-state index contributed by atoms with van der Waals surface area (Å²) in [6, 6.07) is 4.71. The van der Waals surface area contributed by atoms with Crippen molar-refractivity contribution >= 4 is 17.8 Å². The average Bonchev–Trinajstić information content (AvgIpc) is 2.59. The zero-order valence-electron chi connectivity index (χ0n) is 16.0. The second-order valence-corrected chi connectivity index (χ2v) is 6.47. The van der Waals surface area contributed by atoms with Gasteiger partial charge in [0.1, 0.15) is 11.8 Å². The molecule has 0 fully saturated rings. The number of methoxy groups -OCH3 is 1. The highest BCUT2D eigenvalue weighted by atomic mass is 16.6. The number of nitrogens with one attached hydrogen (secondary N) is 1. The highest BCUT2D eigenvalue weighted by molar-refractivity contribution is 5.86. The van der Waals surface area contributed by atoms with E-state index in [2.05, 4.69) is 10.1 Å². The molecule has 0 aliphatic heterocycles. The van der Waals surface area contributed by atoms with Crippen LogP contribution < -0.4 is 10.1 Å². The first kappa shape index (κ1) is 21.5. The number of hydrogen-bond acceptors (Lipinski definition) is 6. The van der Waals surface area contributed by atoms with Gasteiger partial charge in [0.2, 0.25) is 0 Å². The van der Waals surface area contributed by atoms with E-state index in [1.807, 2.05) is 39.8 Å². The number of carbonyl (C=O) groups excluding carboxylic acids is 3. The summed E-state index contributed by atoms with van der Waals surface area (Å²) in [6.45, 7) is 6.98. The fraction of sp³-hybridized carbons (Fsp3) is 0.526. The zero-order chi connectivity index (χ0) is 19.7. The maximum atomic E-state index is 11.9. The molecule has 0 aromatic heterocycles. The van der Waals surface area contributed by atoms with E-state index in [-0.39, 0.29) is 12.5 Å². The van der Waals surface area contributed by atoms with Crippen molar-refractivity contribution in [1.29, 1.82) is 0 Å². The van der Waals surface area contributed by atoms with Gasteiger partial charge in [0, 0.05) is 0 Å². The molecule has 0 saturated heterocycles. The van der Waals surface area contributed by atoms with E-state index in [1.165, 1.54) is 7.11 Å². The molecule has 0 spiro atoms. The predicted molar refractivity (Wildman–Crippen MR) is 95.8 cm³/mol. The van der Waals surface area contributed by atoms with Crippen LogP contribution in [0.25, 0.3) is 0 Å². The molecule has 0 aliphatic carbocycles. The van der Waals surface area contributed by atoms with Gasteiger partial charge in [-0.15, -0.1) is 0 Å². The Morgan fingerprint density at radius 1 is 1.08 bits per heavy atom. The molecule has 0 bridgehead atoms. The summed E-state index contributed by atoms with van der Waals surface area (Å²) < 4.78 is 14.9. The normalized spacial score (nSPS) is 11.6. The van der Waals surface area contributed by atoms with Crippen LogP contribution >= 0.6 is 0 Å². The van der Waals surface area contributed by atoms with Gasteiger partial charge in [-0.1, -0.05) is 19.9 Å². The Labute approximate surface area is 154 Å². The number of hydrogen-bond donors (Lipinski definition) is 1. The summed E-state index contributed by atoms with van der Waals surface area (Å²) >= 11 is 0. The lowest BCUT2D eigenvalue weighted by molar-refractivity contribution is -0.151. The maximum absolute atomic E-state index is 11.9. The largest absolute Gasteiger partial charge is 0.482 e. The van der Waals surface area contributed by atoms with Crippen molar-refractivity contribution in [2.24, 2.45) is 5.92 Å². The second-order valence-electron chi connectivity index (χ2n) is 6.47. The summed E-state index contributed by atoms with van der Waals surface area (Å²) in [5.74, 6) is -1.03. The molecule has 1 N–H and O–H groups in total. The maximum Gasteiger partial charge on any atom is 0.344 e. The van der Waals surface area contributed by atoms with Crippen LogP contribution in [0.5, 0.6) is 5.75 Å². The minimum atomic E-state index is -0.766. The summed E-state index contributed by atoms with van der Waals surface area (Å²) in [7, 11) is 1.26. The van der Waals surface area contributed by atoms with E-state index < -0.39 is 30.5 Å². The van der Waals surface area contributed by atoms with E-state index in [0.29, 0.717) is 12.2 Å². The van der Waals surface area contributed by atoms with Gasteiger partial charge in [0.25, 0.3) is 5.91 Å². The molecule has 7 heteroatoms. The third-order valence-corrected chi connectivity index (χ3v) is 3.73. The first-order chi connectivity index (χ1) is 12.2. The van der Waals surface area contributed by atoms with Crippen molar-refractivity contribution in [2.75, 3.05) is 20.3 Å². The fourth-order valence-corrected chi connectivity index (χ4v) is 2.20. The quantitative estimate of drug-likeness (QED) is 0.673. The minimum Gasteiger partial charge on any atom is -0.482 e. The van der Waals surface area contributed by atoms with E-state index >= 15 is 0 Å². The first-order valence-electron chi connectivity index (χ1n) is 8.45. The van der Waals surface area contributed by atoms with Gasteiger partial charge in [0.05, 0.1) is 7.11 Å². The molecule has 0 saturated carbocycles. The molecule has 0 heterocycles. The van der Waals surface area contributed by atoms with Gasteiger partial charge in [-0.05, 0) is 49.4 Å². The van der Waals surface area contributed by atoms with Crippen LogP contribution in [-0.4, -0.2) is 44.2 Å². The molecule has 0 aliphatic rings. The molecule has 1 aromatic rings. The van der Waals surface area contributed by atoms with Gasteiger partial charge in [0.15, 0.2) is 13.2 Å². The molecule has 1 aromatic carbocycles. The fourth-order valence-electron chi connectivity index (χ4n) is 2.20. The van der Waals surface area contributed by atoms with E-state index in [0.717, 1.165) is 11.1 Å². The number of esters is 2. The highest BCUT2D eigenvalue weighted by Gasteiger charge is 2.23. The number of rotatable bonds is 9. The lowest BCUT2D eigenvalue weighted by atomic mass is 10.0. The topological polar surface area (TPSA) is 90.9 Å². The average molecular weight is 365 g/mol. The van der Waals surface area contributed by atoms with Gasteiger partial charge in [-0.25, -0.2) is 9.59 Å². The van der Waals surface area contributed by atoms with Crippen molar-refractivity contribution in [1.82, 2.24) is 5.32 Å². The van der Waals surface area contributed by atoms with Crippen molar-refractivity contribution in [3.63, 3.8) is 0 Å². The summed E-state index contributed by atoms with van der Waals surface area (Å²) in [5.41, 5.74) is 2.17. The lowest BCUT2D eigenvalue weighted by Crippen LogP contribution is -2.44. The predicted octanol–water partition coefficient (Wildman–Crippen LogP) is 1.93. The smallest absolute Gasteiger partial charge is 0.344 e. The Balaban J connectivity index is 2.41. The Morgan fingerprint density at radius 2 is 1.77 bits per heavy atom. The van der Waals surface area contributed by atoms with Crippen molar-refractivity contribution < 1.29 is 28.6 Å². The second kappa shape index (κ2) is 10.4. The van der Waals surface area contributed by atoms with Crippen molar-refractivity contribution in [3.8, 4) is 5.75 Å². The number of carbonyl (C=O) groups is 3. The van der Waals surface area contributed by atoms with Crippen molar-refractivity contribution in [3.05, 3.63) is 29.3 Å². The van der Waals surface area contributed by atoms with E-state index in [9.17, 15) is 14.4 Å². The number of aryl methyl sites for hydroxylation is 2. The van der Waals surface area contributed by atoms with Gasteiger partial charge >= 0.3 is 11.9 Å². The summed E-state index contributed by atoms with van der Waals surface area (Å²) in [4.78, 5) is 35.3. The van der Waals surface area contributed by atoms with Crippen LogP contribution in [0.2, 0.25) is 0 Å². The monoisotopic (exact) mass is 365 g/mol. The standard InChI is InChI=1S/C19H27NO6/c1-12(2)8-16(19(23)24-5)20-17(21)10-26-18(22)11-25-15-7-6-13(3)14(4)9-15/h6-7,9,12,16H,8,10-11H2,1-5H3,(H,20,21)/t16-/m0/s1. The van der Waals surface area contributed by atoms with E-state index in [1.54, 1.807) is 6.07 Å². The summed E-state index contributed by atoms with van der Waals surface area (Å²) in [5, 5.41) is 2.51. The molecular weight excluding hydrogens is 338 g/mol. The van der Waals surface area contributed by atoms with Crippen LogP contribution in [0.1, 0.15) is 31.4 Å². The van der Waals surface area contributed by atoms with Crippen molar-refractivity contribution in [2.45, 2.75) is 40.2 Å². The third-order valence-electron chi connectivity index (χ3n) is 3.73. The Bertz CT molecular complexity index is 641. The molecule has 1 rings (SSSR count). The molecule has 26 heavy (non-hydrogen) atoms. The Morgan fingerprint density at radius 3 is 2.35 bits per heavy atom. The highest BCUT2D eigenvalue weighted by Crippen LogP contribution is 2.16. The van der Waals surface area contributed by atoms with Gasteiger partial charge in [-0.3, -0.25) is 4.79 Å². The SMILES string of the molecule is COC(=O)[C@H](CC(C)C)NC(=O)COC(=O)COc1ccc(C)c(C)c1. The third kappa shape index (κ3) is 7.55. The summed E-state index contributed by atoms with van der Waals surface area (Å²) in [6.07, 6.45) is 0.433. The van der Waals surface area contributed by atoms with E-state index in [4.69, 9.17) is 9.47 Å². The molecule has 1 amide bonds. The number of amides is 1. The Hall–Kier alpha value is -2.57. The number of benzene rings is 1. The van der Waals surface area contributed by atoms with Gasteiger partial charge < -0.3 is 19.5 Å². The minimum absolute atomic E-state index is 0.188. The molecule has 7 nitrogen and oxygen atoms in total. The van der Waals surface area contributed by atoms with Gasteiger partial charge in [-0.2, -0.15) is 0 Å². The number of ether oxygens (including phenoxy) is 3. The zero-order valence-corrected chi connectivity index (χ0v) is 16.0. The van der Waals surface area contributed by atoms with Crippen LogP contribution in [0.4, 0.5) is 0 Å². The van der Waals surface area contributed by atoms with Crippen LogP contribution in [0, 0.1) is 19.8 Å². The van der Waals surface area contributed by atoms with Crippen LogP contribution in [0.3, 0.4) is 0 Å². The molecular formula is C19H27NO6. The van der Waals surface area contributed by atoms with Crippen LogP contribution in [0.15, 0.2) is 18.2 Å². The first-order valence-corrected chi connectivity index (χ1v) is 8.45. The molecule has 144 valence electrons. The molecule has 0 radical (unpaired) electrons. The lowest BCUT2D eigenvalue weighted by Gasteiger charge is -2.18. The Kier molecular flexibility index (Phi) is 8.61. The molecule has 1 atom stereocenters. The molecule has 0 unspecified atom stereocenters. The van der Waals surface area contributed by atoms with Crippen LogP contribution in [-0.2, 0) is 23.9 Å².